The third-order valence-electron chi connectivity index (χ3n) is 3.49. The van der Waals surface area contributed by atoms with Gasteiger partial charge in [0.25, 0.3) is 0 Å². The molecule has 0 aromatic heterocycles. The summed E-state index contributed by atoms with van der Waals surface area (Å²) < 4.78 is 11.1. The summed E-state index contributed by atoms with van der Waals surface area (Å²) in [5.74, 6) is 0.152. The Hall–Kier alpha value is -0.650. The van der Waals surface area contributed by atoms with Crippen LogP contribution in [0.3, 0.4) is 0 Å². The number of ether oxygens (including phenoxy) is 2. The molecule has 5 heteroatoms. The van der Waals surface area contributed by atoms with Crippen LogP contribution in [0.1, 0.15) is 20.3 Å². The first-order valence-electron chi connectivity index (χ1n) is 6.47. The van der Waals surface area contributed by atoms with Crippen molar-refractivity contribution in [3.05, 3.63) is 0 Å². The Bertz CT molecular complexity index is 272. The molecule has 0 aromatic carbocycles. The Labute approximate surface area is 102 Å². The minimum atomic E-state index is -0.195. The number of hydrogen-bond acceptors (Lipinski definition) is 4. The Balaban J connectivity index is 1.93. The van der Waals surface area contributed by atoms with E-state index in [1.807, 2.05) is 11.8 Å². The molecule has 1 unspecified atom stereocenters. The molecule has 0 saturated carbocycles. The van der Waals surface area contributed by atoms with Gasteiger partial charge < -0.3 is 19.7 Å². The van der Waals surface area contributed by atoms with Crippen molar-refractivity contribution in [2.75, 3.05) is 32.8 Å². The van der Waals surface area contributed by atoms with E-state index >= 15 is 0 Å². The molecule has 2 fully saturated rings. The number of carbonyl (C=O) groups is 1. The molecule has 17 heavy (non-hydrogen) atoms. The summed E-state index contributed by atoms with van der Waals surface area (Å²) in [5.41, 5.74) is 0. The second-order valence-corrected chi connectivity index (χ2v) is 4.69. The fraction of sp³-hybridized carbons (Fsp3) is 0.917. The van der Waals surface area contributed by atoms with Crippen molar-refractivity contribution in [1.82, 2.24) is 10.2 Å². The van der Waals surface area contributed by atoms with Gasteiger partial charge >= 0.3 is 0 Å². The van der Waals surface area contributed by atoms with Crippen LogP contribution < -0.4 is 5.32 Å². The largest absolute Gasteiger partial charge is 0.375 e. The molecule has 2 heterocycles. The monoisotopic (exact) mass is 242 g/mol. The number of hydrogen-bond donors (Lipinski definition) is 1. The van der Waals surface area contributed by atoms with Crippen molar-refractivity contribution >= 4 is 5.91 Å². The maximum atomic E-state index is 12.4. The molecule has 2 saturated heterocycles. The molecule has 2 rings (SSSR count). The van der Waals surface area contributed by atoms with Crippen LogP contribution in [0.25, 0.3) is 0 Å². The summed E-state index contributed by atoms with van der Waals surface area (Å²) in [6, 6.07) is -0.195. The van der Waals surface area contributed by atoms with E-state index in [0.717, 1.165) is 13.0 Å². The summed E-state index contributed by atoms with van der Waals surface area (Å²) in [5, 5.41) is 3.24. The van der Waals surface area contributed by atoms with Crippen LogP contribution in [0.2, 0.25) is 0 Å². The van der Waals surface area contributed by atoms with Gasteiger partial charge in [-0.3, -0.25) is 4.79 Å². The lowest BCUT2D eigenvalue weighted by atomic mass is 10.1. The maximum Gasteiger partial charge on any atom is 0.242 e. The lowest BCUT2D eigenvalue weighted by Gasteiger charge is -2.37. The lowest BCUT2D eigenvalue weighted by molar-refractivity contribution is -0.146. The average Bonchev–Trinajstić information content (AvgIpc) is 2.38. The second kappa shape index (κ2) is 5.80. The smallest absolute Gasteiger partial charge is 0.242 e. The molecule has 1 N–H and O–H groups in total. The molecular weight excluding hydrogens is 220 g/mol. The molecule has 2 aliphatic rings. The highest BCUT2D eigenvalue weighted by Crippen LogP contribution is 2.13. The van der Waals surface area contributed by atoms with Gasteiger partial charge in [-0.05, 0) is 13.3 Å². The number of nitrogens with zero attached hydrogens (tertiary/aromatic N) is 1. The SMILES string of the molecule is CCC1CN(C(=O)[C@H]2NCCO[C@@H]2C)CCO1. The summed E-state index contributed by atoms with van der Waals surface area (Å²) in [7, 11) is 0. The summed E-state index contributed by atoms with van der Waals surface area (Å²) in [6.07, 6.45) is 1.10. The number of nitrogens with one attached hydrogen (secondary N) is 1. The third kappa shape index (κ3) is 2.97. The van der Waals surface area contributed by atoms with Crippen molar-refractivity contribution < 1.29 is 14.3 Å². The predicted octanol–water partition coefficient (Wildman–Crippen LogP) is 0.000700. The number of morpholine rings is 2. The van der Waals surface area contributed by atoms with E-state index in [9.17, 15) is 4.79 Å². The van der Waals surface area contributed by atoms with Crippen LogP contribution >= 0.6 is 0 Å². The van der Waals surface area contributed by atoms with Crippen molar-refractivity contribution in [3.63, 3.8) is 0 Å². The van der Waals surface area contributed by atoms with Crippen LogP contribution in [-0.2, 0) is 14.3 Å². The van der Waals surface area contributed by atoms with Gasteiger partial charge in [-0.2, -0.15) is 0 Å². The first kappa shape index (κ1) is 12.8. The van der Waals surface area contributed by atoms with Crippen LogP contribution in [0.4, 0.5) is 0 Å². The van der Waals surface area contributed by atoms with E-state index in [0.29, 0.717) is 26.3 Å². The normalized spacial score (nSPS) is 34.7. The Morgan fingerprint density at radius 2 is 2.24 bits per heavy atom. The molecule has 2 aliphatic heterocycles. The van der Waals surface area contributed by atoms with E-state index in [1.165, 1.54) is 0 Å². The summed E-state index contributed by atoms with van der Waals surface area (Å²) in [6.45, 7) is 7.52. The zero-order valence-electron chi connectivity index (χ0n) is 10.6. The zero-order valence-corrected chi connectivity index (χ0v) is 10.6. The highest BCUT2D eigenvalue weighted by molar-refractivity contribution is 5.82. The standard InChI is InChI=1S/C12H22N2O3/c1-3-10-8-14(5-7-17-10)12(15)11-9(2)16-6-4-13-11/h9-11,13H,3-8H2,1-2H3/t9-,10?,11+/m1/s1. The lowest BCUT2D eigenvalue weighted by Crippen LogP contribution is -2.59. The molecule has 0 spiro atoms. The van der Waals surface area contributed by atoms with Gasteiger partial charge in [-0.25, -0.2) is 0 Å². The van der Waals surface area contributed by atoms with Crippen LogP contribution in [-0.4, -0.2) is 61.9 Å². The quantitative estimate of drug-likeness (QED) is 0.740. The van der Waals surface area contributed by atoms with Gasteiger partial charge in [0.15, 0.2) is 0 Å². The van der Waals surface area contributed by atoms with Crippen molar-refractivity contribution in [2.24, 2.45) is 0 Å². The molecule has 98 valence electrons. The van der Waals surface area contributed by atoms with Crippen LogP contribution in [0, 0.1) is 0 Å². The molecule has 5 nitrogen and oxygen atoms in total. The predicted molar refractivity (Wildman–Crippen MR) is 63.8 cm³/mol. The zero-order chi connectivity index (χ0) is 12.3. The van der Waals surface area contributed by atoms with E-state index in [-0.39, 0.29) is 24.2 Å². The van der Waals surface area contributed by atoms with Crippen LogP contribution in [0.5, 0.6) is 0 Å². The van der Waals surface area contributed by atoms with E-state index in [1.54, 1.807) is 0 Å². The molecule has 3 atom stereocenters. The highest BCUT2D eigenvalue weighted by atomic mass is 16.5. The fourth-order valence-electron chi connectivity index (χ4n) is 2.37. The van der Waals surface area contributed by atoms with Gasteiger partial charge in [-0.1, -0.05) is 6.92 Å². The number of carbonyl (C=O) groups excluding carboxylic acids is 1. The molecule has 0 aromatic rings. The maximum absolute atomic E-state index is 12.4. The van der Waals surface area contributed by atoms with Crippen LogP contribution in [0.15, 0.2) is 0 Å². The van der Waals surface area contributed by atoms with E-state index < -0.39 is 0 Å². The Kier molecular flexibility index (Phi) is 4.36. The summed E-state index contributed by atoms with van der Waals surface area (Å²) in [4.78, 5) is 14.3. The van der Waals surface area contributed by atoms with Gasteiger partial charge in [0.05, 0.1) is 25.4 Å². The van der Waals surface area contributed by atoms with Gasteiger partial charge in [0.2, 0.25) is 5.91 Å². The van der Waals surface area contributed by atoms with Crippen molar-refractivity contribution in [2.45, 2.75) is 38.5 Å². The first-order chi connectivity index (χ1) is 8.22. The second-order valence-electron chi connectivity index (χ2n) is 4.69. The fourth-order valence-corrected chi connectivity index (χ4v) is 2.37. The molecular formula is C12H22N2O3. The Morgan fingerprint density at radius 1 is 1.41 bits per heavy atom. The molecule has 1 amide bonds. The van der Waals surface area contributed by atoms with Gasteiger partial charge in [0.1, 0.15) is 6.04 Å². The molecule has 0 radical (unpaired) electrons. The van der Waals surface area contributed by atoms with Gasteiger partial charge in [0, 0.05) is 19.6 Å². The third-order valence-corrected chi connectivity index (χ3v) is 3.49. The molecule has 0 aliphatic carbocycles. The number of amides is 1. The minimum Gasteiger partial charge on any atom is -0.375 e. The topological polar surface area (TPSA) is 50.8 Å². The average molecular weight is 242 g/mol. The van der Waals surface area contributed by atoms with E-state index in [2.05, 4.69) is 12.2 Å². The van der Waals surface area contributed by atoms with Crippen molar-refractivity contribution in [3.8, 4) is 0 Å². The summed E-state index contributed by atoms with van der Waals surface area (Å²) >= 11 is 0. The van der Waals surface area contributed by atoms with E-state index in [4.69, 9.17) is 9.47 Å². The molecule has 0 bridgehead atoms. The number of rotatable bonds is 2. The van der Waals surface area contributed by atoms with Gasteiger partial charge in [-0.15, -0.1) is 0 Å². The first-order valence-corrected chi connectivity index (χ1v) is 6.47. The Morgan fingerprint density at radius 3 is 2.94 bits per heavy atom. The minimum absolute atomic E-state index is 0.0424. The van der Waals surface area contributed by atoms with Crippen molar-refractivity contribution in [1.29, 1.82) is 0 Å². The highest BCUT2D eigenvalue weighted by Gasteiger charge is 2.33.